The van der Waals surface area contributed by atoms with Crippen LogP contribution in [0.2, 0.25) is 0 Å². The van der Waals surface area contributed by atoms with Crippen molar-refractivity contribution < 1.29 is 9.53 Å². The lowest BCUT2D eigenvalue weighted by Crippen LogP contribution is -2.35. The fourth-order valence-electron chi connectivity index (χ4n) is 2.61. The van der Waals surface area contributed by atoms with E-state index in [4.69, 9.17) is 10.6 Å². The Morgan fingerprint density at radius 1 is 1.57 bits per heavy atom. The summed E-state index contributed by atoms with van der Waals surface area (Å²) in [6.45, 7) is 4.29. The van der Waals surface area contributed by atoms with Crippen LogP contribution < -0.4 is 11.3 Å². The van der Waals surface area contributed by atoms with Crippen LogP contribution in [0.25, 0.3) is 0 Å². The summed E-state index contributed by atoms with van der Waals surface area (Å²) in [5.41, 5.74) is 3.99. The molecule has 1 aliphatic heterocycles. The lowest BCUT2D eigenvalue weighted by atomic mass is 10.0. The number of anilines is 1. The molecule has 1 unspecified atom stereocenters. The number of nitrogens with one attached hydrogen (secondary N) is 1. The first kappa shape index (κ1) is 15.7. The number of hydrogen-bond donors (Lipinski definition) is 2. The minimum absolute atomic E-state index is 0.00539. The highest BCUT2D eigenvalue weighted by Gasteiger charge is 2.20. The monoisotopic (exact) mass is 292 g/mol. The van der Waals surface area contributed by atoms with E-state index in [0.29, 0.717) is 23.8 Å². The Kier molecular flexibility index (Phi) is 5.52. The van der Waals surface area contributed by atoms with E-state index in [1.807, 2.05) is 20.0 Å². The molecule has 6 nitrogen and oxygen atoms in total. The molecule has 1 amide bonds. The standard InChI is InChI=1S/C15H24N4O2/c1-3-13-7-12(8-14(17-13)18-16)15(20)19(2)9-11-5-4-6-21-10-11/h7-8,11H,3-6,9-10,16H2,1-2H3,(H,17,18). The molecule has 0 spiro atoms. The van der Waals surface area contributed by atoms with Crippen LogP contribution in [0.15, 0.2) is 12.1 Å². The quantitative estimate of drug-likeness (QED) is 0.634. The Hall–Kier alpha value is -1.66. The zero-order chi connectivity index (χ0) is 15.2. The van der Waals surface area contributed by atoms with Gasteiger partial charge in [-0.15, -0.1) is 0 Å². The number of pyridine rings is 1. The first-order valence-corrected chi connectivity index (χ1v) is 7.44. The number of carbonyl (C=O) groups excluding carboxylic acids is 1. The summed E-state index contributed by atoms with van der Waals surface area (Å²) in [6.07, 6.45) is 2.95. The molecule has 0 radical (unpaired) electrons. The van der Waals surface area contributed by atoms with Gasteiger partial charge in [0.25, 0.3) is 5.91 Å². The maximum Gasteiger partial charge on any atom is 0.253 e. The summed E-state index contributed by atoms with van der Waals surface area (Å²) >= 11 is 0. The van der Waals surface area contributed by atoms with Crippen LogP contribution in [0.1, 0.15) is 35.8 Å². The van der Waals surface area contributed by atoms with Gasteiger partial charge in [-0.05, 0) is 37.3 Å². The third kappa shape index (κ3) is 4.15. The van der Waals surface area contributed by atoms with Gasteiger partial charge in [-0.3, -0.25) is 4.79 Å². The van der Waals surface area contributed by atoms with Crippen LogP contribution in [0.5, 0.6) is 0 Å². The average Bonchev–Trinajstić information content (AvgIpc) is 2.54. The Morgan fingerprint density at radius 2 is 2.38 bits per heavy atom. The number of amides is 1. The molecule has 0 aromatic carbocycles. The highest BCUT2D eigenvalue weighted by atomic mass is 16.5. The number of hydrazine groups is 1. The van der Waals surface area contributed by atoms with Crippen LogP contribution >= 0.6 is 0 Å². The van der Waals surface area contributed by atoms with Gasteiger partial charge in [-0.1, -0.05) is 6.92 Å². The summed E-state index contributed by atoms with van der Waals surface area (Å²) in [4.78, 5) is 18.6. The molecule has 21 heavy (non-hydrogen) atoms. The number of ether oxygens (including phenoxy) is 1. The lowest BCUT2D eigenvalue weighted by molar-refractivity contribution is 0.0388. The lowest BCUT2D eigenvalue weighted by Gasteiger charge is -2.27. The minimum Gasteiger partial charge on any atom is -0.381 e. The van der Waals surface area contributed by atoms with Crippen molar-refractivity contribution in [3.8, 4) is 0 Å². The average molecular weight is 292 g/mol. The maximum atomic E-state index is 12.5. The Balaban J connectivity index is 2.07. The summed E-state index contributed by atoms with van der Waals surface area (Å²) in [7, 11) is 1.83. The zero-order valence-corrected chi connectivity index (χ0v) is 12.8. The molecule has 1 saturated heterocycles. The van der Waals surface area contributed by atoms with Crippen LogP contribution in [0, 0.1) is 5.92 Å². The van der Waals surface area contributed by atoms with Gasteiger partial charge in [0.15, 0.2) is 0 Å². The van der Waals surface area contributed by atoms with E-state index in [9.17, 15) is 4.79 Å². The summed E-state index contributed by atoms with van der Waals surface area (Å²) in [5, 5.41) is 0. The molecule has 0 saturated carbocycles. The molecule has 2 rings (SSSR count). The molecule has 1 aliphatic rings. The molecule has 0 aliphatic carbocycles. The number of aryl methyl sites for hydroxylation is 1. The minimum atomic E-state index is -0.00539. The fraction of sp³-hybridized carbons (Fsp3) is 0.600. The van der Waals surface area contributed by atoms with Crippen molar-refractivity contribution >= 4 is 11.7 Å². The number of carbonyl (C=O) groups is 1. The molecular weight excluding hydrogens is 268 g/mol. The topological polar surface area (TPSA) is 80.5 Å². The van der Waals surface area contributed by atoms with Gasteiger partial charge in [0.05, 0.1) is 6.61 Å². The van der Waals surface area contributed by atoms with Crippen LogP contribution in [-0.4, -0.2) is 42.6 Å². The second-order valence-corrected chi connectivity index (χ2v) is 5.50. The normalized spacial score (nSPS) is 18.3. The number of nitrogens with zero attached hydrogens (tertiary/aromatic N) is 2. The number of hydrogen-bond acceptors (Lipinski definition) is 5. The van der Waals surface area contributed by atoms with Crippen molar-refractivity contribution in [1.29, 1.82) is 0 Å². The van der Waals surface area contributed by atoms with E-state index in [-0.39, 0.29) is 5.91 Å². The summed E-state index contributed by atoms with van der Waals surface area (Å²) in [5.74, 6) is 6.35. The summed E-state index contributed by atoms with van der Waals surface area (Å²) in [6, 6.07) is 3.52. The van der Waals surface area contributed by atoms with Crippen molar-refractivity contribution in [2.24, 2.45) is 11.8 Å². The van der Waals surface area contributed by atoms with Crippen LogP contribution in [0.4, 0.5) is 5.82 Å². The second kappa shape index (κ2) is 7.38. The van der Waals surface area contributed by atoms with Crippen LogP contribution in [0.3, 0.4) is 0 Å². The molecule has 116 valence electrons. The van der Waals surface area contributed by atoms with Gasteiger partial charge < -0.3 is 15.1 Å². The third-order valence-corrected chi connectivity index (χ3v) is 3.77. The molecule has 3 N–H and O–H groups in total. The van der Waals surface area contributed by atoms with E-state index < -0.39 is 0 Å². The van der Waals surface area contributed by atoms with E-state index in [1.165, 1.54) is 0 Å². The number of rotatable bonds is 5. The third-order valence-electron chi connectivity index (χ3n) is 3.77. The molecule has 1 atom stereocenters. The molecule has 0 bridgehead atoms. The van der Waals surface area contributed by atoms with Crippen molar-refractivity contribution in [3.63, 3.8) is 0 Å². The van der Waals surface area contributed by atoms with Gasteiger partial charge in [0, 0.05) is 31.5 Å². The van der Waals surface area contributed by atoms with Gasteiger partial charge in [-0.25, -0.2) is 10.8 Å². The van der Waals surface area contributed by atoms with Crippen molar-refractivity contribution in [1.82, 2.24) is 9.88 Å². The van der Waals surface area contributed by atoms with Crippen molar-refractivity contribution in [2.45, 2.75) is 26.2 Å². The molecule has 1 aromatic rings. The largest absolute Gasteiger partial charge is 0.381 e. The van der Waals surface area contributed by atoms with Crippen molar-refractivity contribution in [2.75, 3.05) is 32.2 Å². The van der Waals surface area contributed by atoms with Gasteiger partial charge in [0.2, 0.25) is 0 Å². The van der Waals surface area contributed by atoms with Gasteiger partial charge >= 0.3 is 0 Å². The van der Waals surface area contributed by atoms with Gasteiger partial charge in [-0.2, -0.15) is 0 Å². The summed E-state index contributed by atoms with van der Waals surface area (Å²) < 4.78 is 5.47. The fourth-order valence-corrected chi connectivity index (χ4v) is 2.61. The number of nitrogen functional groups attached to an aromatic ring is 1. The zero-order valence-electron chi connectivity index (χ0n) is 12.8. The second-order valence-electron chi connectivity index (χ2n) is 5.50. The molecule has 6 heteroatoms. The van der Waals surface area contributed by atoms with Gasteiger partial charge in [0.1, 0.15) is 5.82 Å². The smallest absolute Gasteiger partial charge is 0.253 e. The van der Waals surface area contributed by atoms with Crippen molar-refractivity contribution in [3.05, 3.63) is 23.4 Å². The molecule has 1 aromatic heterocycles. The van der Waals surface area contributed by atoms with E-state index in [2.05, 4.69) is 10.4 Å². The molecule has 1 fully saturated rings. The number of nitrogens with two attached hydrogens (primary N) is 1. The first-order valence-electron chi connectivity index (χ1n) is 7.44. The van der Waals surface area contributed by atoms with E-state index in [0.717, 1.165) is 38.2 Å². The number of aromatic nitrogens is 1. The highest BCUT2D eigenvalue weighted by Crippen LogP contribution is 2.17. The predicted octanol–water partition coefficient (Wildman–Crippen LogP) is 1.43. The maximum absolute atomic E-state index is 12.5. The van der Waals surface area contributed by atoms with Crippen LogP contribution in [-0.2, 0) is 11.2 Å². The van der Waals surface area contributed by atoms with E-state index in [1.54, 1.807) is 11.0 Å². The molecule has 2 heterocycles. The van der Waals surface area contributed by atoms with E-state index >= 15 is 0 Å². The SMILES string of the molecule is CCc1cc(C(=O)N(C)CC2CCCOC2)cc(NN)n1. The Labute approximate surface area is 125 Å². The predicted molar refractivity (Wildman–Crippen MR) is 81.9 cm³/mol. The Bertz CT molecular complexity index is 464. The molecular formula is C15H24N4O2. The highest BCUT2D eigenvalue weighted by molar-refractivity contribution is 5.94. The first-order chi connectivity index (χ1) is 10.1. The Morgan fingerprint density at radius 3 is 3.00 bits per heavy atom.